The van der Waals surface area contributed by atoms with Crippen LogP contribution >= 0.6 is 11.8 Å². The lowest BCUT2D eigenvalue weighted by Crippen LogP contribution is -2.35. The molecule has 3 heterocycles. The average Bonchev–Trinajstić information content (AvgIpc) is 3.36. The first-order valence-corrected chi connectivity index (χ1v) is 18.3. The summed E-state index contributed by atoms with van der Waals surface area (Å²) in [5.74, 6) is 0.689. The van der Waals surface area contributed by atoms with Gasteiger partial charge in [0.15, 0.2) is 5.82 Å². The topological polar surface area (TPSA) is 38.7 Å². The maximum absolute atomic E-state index is 5.30. The quantitative estimate of drug-likeness (QED) is 0.185. The zero-order chi connectivity index (χ0) is 34.5. The predicted molar refractivity (Wildman–Crippen MR) is 213 cm³/mol. The van der Waals surface area contributed by atoms with E-state index in [-0.39, 0.29) is 0 Å². The molecule has 244 valence electrons. The third-order valence-electron chi connectivity index (χ3n) is 10.3. The summed E-state index contributed by atoms with van der Waals surface area (Å²) < 4.78 is 0. The molecule has 8 aromatic rings. The van der Waals surface area contributed by atoms with E-state index in [2.05, 4.69) is 169 Å². The van der Waals surface area contributed by atoms with E-state index in [0.29, 0.717) is 5.82 Å². The largest absolute Gasteiger partial charge is 0.264 e. The molecule has 0 radical (unpaired) electrons. The van der Waals surface area contributed by atoms with Gasteiger partial charge in [-0.25, -0.2) is 9.97 Å². The van der Waals surface area contributed by atoms with Crippen molar-refractivity contribution < 1.29 is 0 Å². The molecular formula is C48H31N3S. The van der Waals surface area contributed by atoms with Crippen LogP contribution < -0.4 is 0 Å². The smallest absolute Gasteiger partial charge is 0.160 e. The van der Waals surface area contributed by atoms with Gasteiger partial charge in [0.1, 0.15) is 0 Å². The second kappa shape index (κ2) is 12.4. The van der Waals surface area contributed by atoms with Crippen molar-refractivity contribution in [2.45, 2.75) is 15.2 Å². The normalized spacial score (nSPS) is 13.4. The zero-order valence-corrected chi connectivity index (χ0v) is 29.0. The fraction of sp³-hybridized carbons (Fsp3) is 0.0208. The molecule has 0 saturated carbocycles. The molecule has 1 aliphatic carbocycles. The Labute approximate surface area is 307 Å². The highest BCUT2D eigenvalue weighted by Gasteiger charge is 2.46. The monoisotopic (exact) mass is 681 g/mol. The summed E-state index contributed by atoms with van der Waals surface area (Å²) in [6.07, 6.45) is 8.25. The number of nitrogens with zero attached hydrogens (tertiary/aromatic N) is 3. The first-order valence-electron chi connectivity index (χ1n) is 17.5. The van der Waals surface area contributed by atoms with Crippen LogP contribution in [0.3, 0.4) is 0 Å². The van der Waals surface area contributed by atoms with E-state index in [9.17, 15) is 0 Å². The van der Waals surface area contributed by atoms with Gasteiger partial charge in [0.25, 0.3) is 0 Å². The molecule has 2 aromatic heterocycles. The molecule has 1 aliphatic heterocycles. The third-order valence-corrected chi connectivity index (χ3v) is 11.4. The summed E-state index contributed by atoms with van der Waals surface area (Å²) in [6, 6.07) is 58.6. The van der Waals surface area contributed by atoms with Gasteiger partial charge in [-0.15, -0.1) is 0 Å². The predicted octanol–water partition coefficient (Wildman–Crippen LogP) is 11.9. The summed E-state index contributed by atoms with van der Waals surface area (Å²) in [5.41, 5.74) is 14.0. The van der Waals surface area contributed by atoms with Crippen LogP contribution in [0.25, 0.3) is 57.2 Å². The van der Waals surface area contributed by atoms with Crippen molar-refractivity contribution in [2.75, 3.05) is 0 Å². The lowest BCUT2D eigenvalue weighted by atomic mass is 9.63. The molecule has 3 nitrogen and oxygen atoms in total. The minimum absolute atomic E-state index is 0.538. The molecule has 6 aromatic carbocycles. The Morgan fingerprint density at radius 3 is 1.69 bits per heavy atom. The highest BCUT2D eigenvalue weighted by molar-refractivity contribution is 7.99. The van der Waals surface area contributed by atoms with Gasteiger partial charge in [0.2, 0.25) is 0 Å². The number of fused-ring (bicyclic) bond motifs is 8. The first-order chi connectivity index (χ1) is 25.8. The van der Waals surface area contributed by atoms with Crippen LogP contribution in [0.4, 0.5) is 0 Å². The van der Waals surface area contributed by atoms with E-state index in [4.69, 9.17) is 9.97 Å². The van der Waals surface area contributed by atoms with E-state index in [0.717, 1.165) is 39.2 Å². The van der Waals surface area contributed by atoms with Gasteiger partial charge in [-0.2, -0.15) is 0 Å². The summed E-state index contributed by atoms with van der Waals surface area (Å²) in [6.45, 7) is 0. The maximum atomic E-state index is 5.30. The number of rotatable bonds is 4. The molecular weight excluding hydrogens is 651 g/mol. The van der Waals surface area contributed by atoms with Gasteiger partial charge in [-0.1, -0.05) is 157 Å². The number of aromatic nitrogens is 3. The molecule has 0 N–H and O–H groups in total. The Hall–Kier alpha value is -6.36. The number of benzene rings is 6. The van der Waals surface area contributed by atoms with Gasteiger partial charge in [0, 0.05) is 38.9 Å². The van der Waals surface area contributed by atoms with Crippen LogP contribution in [0.2, 0.25) is 0 Å². The van der Waals surface area contributed by atoms with Crippen molar-refractivity contribution >= 4 is 23.9 Å². The Morgan fingerprint density at radius 2 is 0.981 bits per heavy atom. The van der Waals surface area contributed by atoms with Gasteiger partial charge < -0.3 is 0 Å². The molecule has 0 fully saturated rings. The minimum Gasteiger partial charge on any atom is -0.264 e. The van der Waals surface area contributed by atoms with Gasteiger partial charge in [-0.05, 0) is 74.8 Å². The molecule has 0 bridgehead atoms. The van der Waals surface area contributed by atoms with Gasteiger partial charge >= 0.3 is 0 Å². The van der Waals surface area contributed by atoms with Crippen molar-refractivity contribution in [3.8, 4) is 45.0 Å². The summed E-state index contributed by atoms with van der Waals surface area (Å²) in [4.78, 5) is 17.3. The number of hydrogen-bond acceptors (Lipinski definition) is 4. The molecule has 0 atom stereocenters. The standard InChI is InChI=1S/C48H31N3S/c1-2-12-35(13-3-1)43-30-44(51-47(50-43)36-25-20-32(21-26-36)38-14-10-28-49-31-38)37-27-24-34-23-22-33-11-4-5-15-39(33)48(42(34)29-37)40-16-6-8-18-45(40)52-46-19-9-7-17-41(46)48/h1-31H. The Bertz CT molecular complexity index is 2600. The van der Waals surface area contributed by atoms with Crippen molar-refractivity contribution in [3.63, 3.8) is 0 Å². The van der Waals surface area contributed by atoms with E-state index in [1.807, 2.05) is 30.1 Å². The zero-order valence-electron chi connectivity index (χ0n) is 28.1. The highest BCUT2D eigenvalue weighted by Crippen LogP contribution is 2.58. The highest BCUT2D eigenvalue weighted by atomic mass is 32.2. The third kappa shape index (κ3) is 4.95. The van der Waals surface area contributed by atoms with E-state index in [1.165, 1.54) is 43.2 Å². The van der Waals surface area contributed by atoms with Gasteiger partial charge in [0.05, 0.1) is 16.8 Å². The van der Waals surface area contributed by atoms with E-state index >= 15 is 0 Å². The lowest BCUT2D eigenvalue weighted by Gasteiger charge is -2.42. The summed E-state index contributed by atoms with van der Waals surface area (Å²) >= 11 is 1.86. The van der Waals surface area contributed by atoms with E-state index < -0.39 is 5.41 Å². The van der Waals surface area contributed by atoms with Crippen molar-refractivity contribution in [1.82, 2.24) is 15.0 Å². The maximum Gasteiger partial charge on any atom is 0.160 e. The SMILES string of the molecule is C1=Cc2ccc(-c3cc(-c4ccccc4)nc(-c4ccc(-c5cccnc5)cc4)n3)cc2C2(c3ccccc31)c1ccccc1Sc1ccccc12. The Kier molecular flexibility index (Phi) is 7.29. The van der Waals surface area contributed by atoms with E-state index in [1.54, 1.807) is 6.20 Å². The van der Waals surface area contributed by atoms with Crippen LogP contribution in [-0.2, 0) is 5.41 Å². The fourth-order valence-electron chi connectivity index (χ4n) is 7.90. The lowest BCUT2D eigenvalue weighted by molar-refractivity contribution is 0.701. The van der Waals surface area contributed by atoms with Crippen LogP contribution in [0.15, 0.2) is 186 Å². The van der Waals surface area contributed by atoms with Crippen LogP contribution in [0.5, 0.6) is 0 Å². The van der Waals surface area contributed by atoms with Crippen molar-refractivity contribution in [2.24, 2.45) is 0 Å². The number of pyridine rings is 1. The first kappa shape index (κ1) is 30.5. The summed E-state index contributed by atoms with van der Waals surface area (Å²) in [5, 5.41) is 0. The van der Waals surface area contributed by atoms with Gasteiger partial charge in [-0.3, -0.25) is 4.98 Å². The molecule has 2 aliphatic rings. The fourth-order valence-corrected chi connectivity index (χ4v) is 9.09. The Balaban J connectivity index is 1.21. The molecule has 4 heteroatoms. The molecule has 1 spiro atoms. The average molecular weight is 682 g/mol. The molecule has 0 amide bonds. The second-order valence-electron chi connectivity index (χ2n) is 13.2. The number of hydrogen-bond donors (Lipinski definition) is 0. The van der Waals surface area contributed by atoms with Crippen molar-refractivity contribution in [1.29, 1.82) is 0 Å². The molecule has 10 rings (SSSR count). The van der Waals surface area contributed by atoms with Crippen molar-refractivity contribution in [3.05, 3.63) is 210 Å². The molecule has 0 unspecified atom stereocenters. The van der Waals surface area contributed by atoms with Crippen LogP contribution in [-0.4, -0.2) is 15.0 Å². The molecule has 52 heavy (non-hydrogen) atoms. The minimum atomic E-state index is -0.538. The van der Waals surface area contributed by atoms with Crippen LogP contribution in [0, 0.1) is 0 Å². The Morgan fingerprint density at radius 1 is 0.404 bits per heavy atom. The van der Waals surface area contributed by atoms with Crippen LogP contribution in [0.1, 0.15) is 33.4 Å². The summed E-state index contributed by atoms with van der Waals surface area (Å²) in [7, 11) is 0. The molecule has 0 saturated heterocycles. The second-order valence-corrected chi connectivity index (χ2v) is 14.3.